The van der Waals surface area contributed by atoms with Crippen molar-refractivity contribution in [1.29, 1.82) is 0 Å². The van der Waals surface area contributed by atoms with Gasteiger partial charge in [0.05, 0.1) is 0 Å². The standard InChI is InChI=1S/C30H36N6O6/c1-29(2,3)41-25(37)17-35-27(23(31-33-35)19-39-21-13-9-7-10-14-21)28-24(20-40-22-15-11-8-12-16-22)32-34-36(28)18-26(38)42-30(4,5)6/h7-16H,17-20H2,1-6H3. The quantitative estimate of drug-likeness (QED) is 0.237. The van der Waals surface area contributed by atoms with E-state index in [9.17, 15) is 9.59 Å². The van der Waals surface area contributed by atoms with Gasteiger partial charge in [-0.15, -0.1) is 10.2 Å². The molecular formula is C30H36N6O6. The Balaban J connectivity index is 1.76. The topological polar surface area (TPSA) is 132 Å². The zero-order valence-electron chi connectivity index (χ0n) is 24.7. The summed E-state index contributed by atoms with van der Waals surface area (Å²) in [5.41, 5.74) is 0.165. The molecule has 0 aliphatic heterocycles. The Bertz CT molecular complexity index is 1370. The van der Waals surface area contributed by atoms with Crippen molar-refractivity contribution in [3.8, 4) is 22.9 Å². The summed E-state index contributed by atoms with van der Waals surface area (Å²) < 4.78 is 25.8. The first kappa shape index (κ1) is 30.2. The molecule has 4 rings (SSSR count). The molecule has 0 fully saturated rings. The monoisotopic (exact) mass is 576 g/mol. The minimum Gasteiger partial charge on any atom is -0.487 e. The number of hydrogen-bond acceptors (Lipinski definition) is 10. The van der Waals surface area contributed by atoms with Crippen LogP contribution in [0.3, 0.4) is 0 Å². The van der Waals surface area contributed by atoms with E-state index in [4.69, 9.17) is 18.9 Å². The summed E-state index contributed by atoms with van der Waals surface area (Å²) in [6.45, 7) is 10.2. The van der Waals surface area contributed by atoms with Crippen LogP contribution in [0.15, 0.2) is 60.7 Å². The first-order valence-electron chi connectivity index (χ1n) is 13.5. The van der Waals surface area contributed by atoms with E-state index in [1.165, 1.54) is 9.36 Å². The first-order valence-corrected chi connectivity index (χ1v) is 13.5. The van der Waals surface area contributed by atoms with E-state index in [0.29, 0.717) is 34.3 Å². The average molecular weight is 577 g/mol. The molecule has 0 N–H and O–H groups in total. The number of rotatable bonds is 11. The number of benzene rings is 2. The molecule has 2 aromatic heterocycles. The number of carbonyl (C=O) groups is 2. The first-order chi connectivity index (χ1) is 19.9. The lowest BCUT2D eigenvalue weighted by atomic mass is 10.2. The highest BCUT2D eigenvalue weighted by atomic mass is 16.6. The van der Waals surface area contributed by atoms with Crippen molar-refractivity contribution in [2.24, 2.45) is 0 Å². The molecule has 12 nitrogen and oxygen atoms in total. The Morgan fingerprint density at radius 1 is 0.619 bits per heavy atom. The predicted molar refractivity (Wildman–Crippen MR) is 152 cm³/mol. The highest BCUT2D eigenvalue weighted by Crippen LogP contribution is 2.28. The summed E-state index contributed by atoms with van der Waals surface area (Å²) in [4.78, 5) is 25.7. The van der Waals surface area contributed by atoms with Crippen LogP contribution in [-0.2, 0) is 45.4 Å². The molecule has 0 spiro atoms. The summed E-state index contributed by atoms with van der Waals surface area (Å²) in [5, 5.41) is 17.2. The Morgan fingerprint density at radius 2 is 0.976 bits per heavy atom. The van der Waals surface area contributed by atoms with Gasteiger partial charge < -0.3 is 18.9 Å². The van der Waals surface area contributed by atoms with Gasteiger partial charge >= 0.3 is 11.9 Å². The third kappa shape index (κ3) is 8.63. The Hall–Kier alpha value is -4.74. The summed E-state index contributed by atoms with van der Waals surface area (Å²) in [6, 6.07) is 18.5. The fraction of sp³-hybridized carbons (Fsp3) is 0.400. The van der Waals surface area contributed by atoms with Gasteiger partial charge in [0.25, 0.3) is 0 Å². The second kappa shape index (κ2) is 12.8. The van der Waals surface area contributed by atoms with Gasteiger partial charge in [-0.2, -0.15) is 0 Å². The molecule has 0 aliphatic carbocycles. The smallest absolute Gasteiger partial charge is 0.328 e. The molecule has 0 atom stereocenters. The highest BCUT2D eigenvalue weighted by Gasteiger charge is 2.29. The van der Waals surface area contributed by atoms with Crippen LogP contribution in [-0.4, -0.2) is 53.1 Å². The molecule has 12 heteroatoms. The van der Waals surface area contributed by atoms with Crippen molar-refractivity contribution in [1.82, 2.24) is 30.0 Å². The minimum atomic E-state index is -0.703. The Kier molecular flexibility index (Phi) is 9.24. The molecule has 0 saturated heterocycles. The van der Waals surface area contributed by atoms with Gasteiger partial charge in [0, 0.05) is 0 Å². The van der Waals surface area contributed by atoms with Crippen LogP contribution in [0, 0.1) is 0 Å². The van der Waals surface area contributed by atoms with Crippen molar-refractivity contribution >= 4 is 11.9 Å². The Labute approximate surface area is 244 Å². The lowest BCUT2D eigenvalue weighted by Crippen LogP contribution is -2.28. The van der Waals surface area contributed by atoms with Crippen LogP contribution in [0.4, 0.5) is 0 Å². The maximum Gasteiger partial charge on any atom is 0.328 e. The van der Waals surface area contributed by atoms with E-state index >= 15 is 0 Å². The molecule has 0 saturated carbocycles. The molecular weight excluding hydrogens is 540 g/mol. The van der Waals surface area contributed by atoms with Crippen LogP contribution in [0.25, 0.3) is 11.4 Å². The van der Waals surface area contributed by atoms with Gasteiger partial charge in [-0.25, -0.2) is 9.36 Å². The van der Waals surface area contributed by atoms with E-state index in [0.717, 1.165) is 0 Å². The predicted octanol–water partition coefficient (Wildman–Crippen LogP) is 4.38. The van der Waals surface area contributed by atoms with Crippen molar-refractivity contribution in [2.75, 3.05) is 0 Å². The number of nitrogens with zero attached hydrogens (tertiary/aromatic N) is 6. The van der Waals surface area contributed by atoms with Crippen molar-refractivity contribution in [2.45, 2.75) is 79.0 Å². The number of aromatic nitrogens is 6. The van der Waals surface area contributed by atoms with E-state index in [1.54, 1.807) is 41.5 Å². The van der Waals surface area contributed by atoms with Crippen molar-refractivity contribution in [3.05, 3.63) is 72.1 Å². The molecule has 2 aromatic carbocycles. The van der Waals surface area contributed by atoms with E-state index in [-0.39, 0.29) is 26.3 Å². The lowest BCUT2D eigenvalue weighted by Gasteiger charge is -2.20. The number of para-hydroxylation sites is 2. The van der Waals surface area contributed by atoms with Crippen LogP contribution in [0.5, 0.6) is 11.5 Å². The van der Waals surface area contributed by atoms with Crippen LogP contribution in [0.2, 0.25) is 0 Å². The van der Waals surface area contributed by atoms with Crippen molar-refractivity contribution < 1.29 is 28.5 Å². The van der Waals surface area contributed by atoms with Gasteiger partial charge in [-0.3, -0.25) is 9.59 Å². The molecule has 222 valence electrons. The van der Waals surface area contributed by atoms with Gasteiger partial charge in [0.2, 0.25) is 0 Å². The number of ether oxygens (including phenoxy) is 4. The third-order valence-electron chi connectivity index (χ3n) is 5.47. The van der Waals surface area contributed by atoms with Gasteiger partial charge in [0.1, 0.15) is 71.8 Å². The maximum absolute atomic E-state index is 12.9. The molecule has 0 radical (unpaired) electrons. The van der Waals surface area contributed by atoms with Crippen LogP contribution >= 0.6 is 0 Å². The number of hydrogen-bond donors (Lipinski definition) is 0. The lowest BCUT2D eigenvalue weighted by molar-refractivity contribution is -0.157. The molecule has 0 unspecified atom stereocenters. The minimum absolute atomic E-state index is 0.0181. The summed E-state index contributed by atoms with van der Waals surface area (Å²) in [7, 11) is 0. The zero-order valence-corrected chi connectivity index (χ0v) is 24.7. The number of esters is 2. The molecule has 42 heavy (non-hydrogen) atoms. The second-order valence-corrected chi connectivity index (χ2v) is 11.5. The highest BCUT2D eigenvalue weighted by molar-refractivity contribution is 5.73. The van der Waals surface area contributed by atoms with Crippen LogP contribution in [0.1, 0.15) is 52.9 Å². The van der Waals surface area contributed by atoms with E-state index < -0.39 is 23.1 Å². The zero-order chi connectivity index (χ0) is 30.3. The van der Waals surface area contributed by atoms with E-state index in [1.807, 2.05) is 60.7 Å². The number of carbonyl (C=O) groups excluding carboxylic acids is 2. The SMILES string of the molecule is CC(C)(C)OC(=O)Cn1nnc(COc2ccccc2)c1-c1c(COc2ccccc2)nnn1CC(=O)OC(C)(C)C. The second-order valence-electron chi connectivity index (χ2n) is 11.5. The summed E-state index contributed by atoms with van der Waals surface area (Å²) in [6.07, 6.45) is 0. The fourth-order valence-electron chi connectivity index (χ4n) is 3.96. The molecule has 0 amide bonds. The third-order valence-corrected chi connectivity index (χ3v) is 5.47. The summed E-state index contributed by atoms with van der Waals surface area (Å²) >= 11 is 0. The van der Waals surface area contributed by atoms with Crippen molar-refractivity contribution in [3.63, 3.8) is 0 Å². The largest absolute Gasteiger partial charge is 0.487 e. The normalized spacial score (nSPS) is 11.7. The van der Waals surface area contributed by atoms with Gasteiger partial charge in [-0.1, -0.05) is 46.8 Å². The van der Waals surface area contributed by atoms with Gasteiger partial charge in [-0.05, 0) is 65.8 Å². The molecule has 2 heterocycles. The maximum atomic E-state index is 12.9. The Morgan fingerprint density at radius 3 is 1.31 bits per heavy atom. The van der Waals surface area contributed by atoms with Gasteiger partial charge in [0.15, 0.2) is 0 Å². The molecule has 4 aromatic rings. The van der Waals surface area contributed by atoms with E-state index in [2.05, 4.69) is 20.6 Å². The van der Waals surface area contributed by atoms with Crippen LogP contribution < -0.4 is 9.47 Å². The molecule has 0 bridgehead atoms. The average Bonchev–Trinajstić information content (AvgIpc) is 3.47. The molecule has 0 aliphatic rings. The fourth-order valence-corrected chi connectivity index (χ4v) is 3.96. The summed E-state index contributed by atoms with van der Waals surface area (Å²) in [5.74, 6) is 0.214.